The van der Waals surface area contributed by atoms with E-state index in [4.69, 9.17) is 9.15 Å². The number of hydrogen-bond donors (Lipinski definition) is 2. The number of hydrogen-bond acceptors (Lipinski definition) is 5. The van der Waals surface area contributed by atoms with Crippen molar-refractivity contribution in [1.29, 1.82) is 0 Å². The topological polar surface area (TPSA) is 74.9 Å². The van der Waals surface area contributed by atoms with Crippen LogP contribution in [-0.2, 0) is 11.2 Å². The summed E-state index contributed by atoms with van der Waals surface area (Å²) in [6.07, 6.45) is 3.35. The molecule has 7 nitrogen and oxygen atoms in total. The van der Waals surface area contributed by atoms with Crippen LogP contribution in [0.4, 0.5) is 4.39 Å². The van der Waals surface area contributed by atoms with E-state index in [1.807, 2.05) is 0 Å². The largest absolute Gasteiger partial charge is 0.444 e. The average Bonchev–Trinajstić information content (AvgIpc) is 3.16. The molecule has 0 aliphatic rings. The number of ether oxygens (including phenoxy) is 1. The molecule has 1 heterocycles. The number of oxazole rings is 1. The molecule has 0 bridgehead atoms. The molecule has 0 amide bonds. The van der Waals surface area contributed by atoms with Crippen molar-refractivity contribution in [3.05, 3.63) is 42.0 Å². The van der Waals surface area contributed by atoms with Gasteiger partial charge in [0, 0.05) is 58.9 Å². The third-order valence-corrected chi connectivity index (χ3v) is 4.21. The number of guanidine groups is 1. The molecule has 0 radical (unpaired) electrons. The Morgan fingerprint density at radius 3 is 2.68 bits per heavy atom. The molecule has 0 fully saturated rings. The third-order valence-electron chi connectivity index (χ3n) is 4.21. The summed E-state index contributed by atoms with van der Waals surface area (Å²) >= 11 is 0. The molecule has 1 aromatic heterocycles. The number of methoxy groups -OCH3 is 1. The Bertz CT molecular complexity index is 718. The SMILES string of the molecule is CN=C(NCCc1coc(-c2ccc(F)cc2)n1)NCCN(C)CCCOC. The molecular formula is C20H30FN5O2. The minimum atomic E-state index is -0.278. The van der Waals surface area contributed by atoms with Gasteiger partial charge < -0.3 is 24.7 Å². The highest BCUT2D eigenvalue weighted by Gasteiger charge is 2.07. The standard InChI is InChI=1S/C20H30FN5O2/c1-22-20(24-11-13-26(2)12-4-14-27-3)23-10-9-18-15-28-19(25-18)16-5-7-17(21)8-6-16/h5-8,15H,4,9-14H2,1-3H3,(H2,22,23,24). The van der Waals surface area contributed by atoms with E-state index >= 15 is 0 Å². The second-order valence-corrected chi connectivity index (χ2v) is 6.48. The Hall–Kier alpha value is -2.45. The van der Waals surface area contributed by atoms with E-state index < -0.39 is 0 Å². The smallest absolute Gasteiger partial charge is 0.226 e. The van der Waals surface area contributed by atoms with E-state index in [2.05, 4.69) is 32.6 Å². The maximum Gasteiger partial charge on any atom is 0.226 e. The molecule has 0 saturated carbocycles. The van der Waals surface area contributed by atoms with E-state index in [9.17, 15) is 4.39 Å². The van der Waals surface area contributed by atoms with Crippen LogP contribution in [0, 0.1) is 5.82 Å². The van der Waals surface area contributed by atoms with Crippen LogP contribution in [0.3, 0.4) is 0 Å². The number of aromatic nitrogens is 1. The van der Waals surface area contributed by atoms with Gasteiger partial charge in [0.1, 0.15) is 12.1 Å². The van der Waals surface area contributed by atoms with Crippen molar-refractivity contribution in [1.82, 2.24) is 20.5 Å². The van der Waals surface area contributed by atoms with Crippen molar-refractivity contribution < 1.29 is 13.5 Å². The van der Waals surface area contributed by atoms with Crippen LogP contribution >= 0.6 is 0 Å². The minimum absolute atomic E-state index is 0.278. The number of halogens is 1. The monoisotopic (exact) mass is 391 g/mol. The average molecular weight is 391 g/mol. The fraction of sp³-hybridized carbons (Fsp3) is 0.500. The summed E-state index contributed by atoms with van der Waals surface area (Å²) in [4.78, 5) is 10.9. The molecule has 154 valence electrons. The lowest BCUT2D eigenvalue weighted by atomic mass is 10.2. The Balaban J connectivity index is 1.68. The number of likely N-dealkylation sites (N-methyl/N-ethyl adjacent to an activating group) is 1. The normalized spacial score (nSPS) is 11.8. The highest BCUT2D eigenvalue weighted by molar-refractivity contribution is 5.79. The summed E-state index contributed by atoms with van der Waals surface area (Å²) in [6.45, 7) is 4.20. The number of rotatable bonds is 11. The fourth-order valence-electron chi connectivity index (χ4n) is 2.63. The van der Waals surface area contributed by atoms with E-state index in [1.165, 1.54) is 12.1 Å². The highest BCUT2D eigenvalue weighted by Crippen LogP contribution is 2.18. The van der Waals surface area contributed by atoms with E-state index in [-0.39, 0.29) is 5.82 Å². The van der Waals surface area contributed by atoms with Crippen LogP contribution in [0.5, 0.6) is 0 Å². The summed E-state index contributed by atoms with van der Waals surface area (Å²) in [5, 5.41) is 6.57. The van der Waals surface area contributed by atoms with Gasteiger partial charge in [-0.25, -0.2) is 9.37 Å². The first kappa shape index (κ1) is 21.8. The van der Waals surface area contributed by atoms with Gasteiger partial charge in [-0.3, -0.25) is 4.99 Å². The zero-order valence-corrected chi connectivity index (χ0v) is 16.9. The minimum Gasteiger partial charge on any atom is -0.444 e. The summed E-state index contributed by atoms with van der Waals surface area (Å²) in [6, 6.07) is 6.10. The van der Waals surface area contributed by atoms with Crippen LogP contribution in [0.1, 0.15) is 12.1 Å². The molecule has 2 N–H and O–H groups in total. The zero-order chi connectivity index (χ0) is 20.2. The first-order valence-electron chi connectivity index (χ1n) is 9.44. The van der Waals surface area contributed by atoms with Gasteiger partial charge in [0.15, 0.2) is 5.96 Å². The number of aliphatic imine (C=N–C) groups is 1. The van der Waals surface area contributed by atoms with Crippen LogP contribution in [0.15, 0.2) is 39.9 Å². The summed E-state index contributed by atoms with van der Waals surface area (Å²) in [5.74, 6) is 0.973. The maximum absolute atomic E-state index is 13.0. The van der Waals surface area contributed by atoms with Gasteiger partial charge in [0.05, 0.1) is 5.69 Å². The number of benzene rings is 1. The molecule has 0 saturated heterocycles. The van der Waals surface area contributed by atoms with Gasteiger partial charge in [0.2, 0.25) is 5.89 Å². The van der Waals surface area contributed by atoms with Crippen molar-refractivity contribution in [2.75, 3.05) is 54.0 Å². The van der Waals surface area contributed by atoms with Gasteiger partial charge in [-0.15, -0.1) is 0 Å². The molecule has 28 heavy (non-hydrogen) atoms. The fourth-order valence-corrected chi connectivity index (χ4v) is 2.63. The number of nitrogens with zero attached hydrogens (tertiary/aromatic N) is 3. The van der Waals surface area contributed by atoms with Crippen molar-refractivity contribution in [3.63, 3.8) is 0 Å². The molecular weight excluding hydrogens is 361 g/mol. The molecule has 2 aromatic rings. The van der Waals surface area contributed by atoms with E-state index in [0.29, 0.717) is 18.9 Å². The van der Waals surface area contributed by atoms with Crippen molar-refractivity contribution in [2.24, 2.45) is 4.99 Å². The highest BCUT2D eigenvalue weighted by atomic mass is 19.1. The number of nitrogens with one attached hydrogen (secondary N) is 2. The molecule has 0 atom stereocenters. The van der Waals surface area contributed by atoms with E-state index in [0.717, 1.165) is 49.9 Å². The van der Waals surface area contributed by atoms with Gasteiger partial charge in [-0.2, -0.15) is 0 Å². The predicted molar refractivity (Wildman–Crippen MR) is 109 cm³/mol. The second kappa shape index (κ2) is 12.1. The van der Waals surface area contributed by atoms with Gasteiger partial charge >= 0.3 is 0 Å². The first-order chi connectivity index (χ1) is 13.6. The Morgan fingerprint density at radius 1 is 1.21 bits per heavy atom. The van der Waals surface area contributed by atoms with E-state index in [1.54, 1.807) is 32.6 Å². The third kappa shape index (κ3) is 7.66. The second-order valence-electron chi connectivity index (χ2n) is 6.48. The molecule has 0 aliphatic carbocycles. The molecule has 1 aromatic carbocycles. The lowest BCUT2D eigenvalue weighted by Crippen LogP contribution is -2.41. The molecule has 8 heteroatoms. The quantitative estimate of drug-likeness (QED) is 0.347. The Labute approximate surface area is 166 Å². The molecule has 0 aliphatic heterocycles. The van der Waals surface area contributed by atoms with Gasteiger partial charge in [-0.1, -0.05) is 0 Å². The maximum atomic E-state index is 13.0. The Morgan fingerprint density at radius 2 is 1.96 bits per heavy atom. The lowest BCUT2D eigenvalue weighted by molar-refractivity contribution is 0.180. The van der Waals surface area contributed by atoms with Crippen molar-refractivity contribution >= 4 is 5.96 Å². The summed E-state index contributed by atoms with van der Waals surface area (Å²) in [5.41, 5.74) is 1.59. The molecule has 0 unspecified atom stereocenters. The van der Waals surface area contributed by atoms with Crippen molar-refractivity contribution in [2.45, 2.75) is 12.8 Å². The van der Waals surface area contributed by atoms with Crippen LogP contribution in [-0.4, -0.2) is 69.8 Å². The Kier molecular flexibility index (Phi) is 9.44. The lowest BCUT2D eigenvalue weighted by Gasteiger charge is -2.18. The van der Waals surface area contributed by atoms with Crippen LogP contribution in [0.25, 0.3) is 11.5 Å². The first-order valence-corrected chi connectivity index (χ1v) is 9.44. The molecule has 2 rings (SSSR count). The summed E-state index contributed by atoms with van der Waals surface area (Å²) in [7, 11) is 5.57. The molecule has 0 spiro atoms. The predicted octanol–water partition coefficient (Wildman–Crippen LogP) is 2.16. The zero-order valence-electron chi connectivity index (χ0n) is 16.9. The van der Waals surface area contributed by atoms with Crippen LogP contribution < -0.4 is 10.6 Å². The van der Waals surface area contributed by atoms with Gasteiger partial charge in [0.25, 0.3) is 0 Å². The summed E-state index contributed by atoms with van der Waals surface area (Å²) < 4.78 is 23.6. The van der Waals surface area contributed by atoms with Crippen molar-refractivity contribution in [3.8, 4) is 11.5 Å². The van der Waals surface area contributed by atoms with Crippen LogP contribution in [0.2, 0.25) is 0 Å². The van der Waals surface area contributed by atoms with Gasteiger partial charge in [-0.05, 0) is 37.7 Å².